The smallest absolute Gasteiger partial charge is 0.106 e. The molecule has 2 aliphatic heterocycles. The molecule has 0 aromatic heterocycles. The molecular formula is C14H20N2O2. The van der Waals surface area contributed by atoms with Gasteiger partial charge in [0.25, 0.3) is 0 Å². The average molecular weight is 248 g/mol. The minimum atomic E-state index is 0.107. The Hall–Kier alpha value is -1.10. The van der Waals surface area contributed by atoms with Crippen LogP contribution in [-0.2, 0) is 9.47 Å². The lowest BCUT2D eigenvalue weighted by atomic mass is 10.1. The zero-order valence-electron chi connectivity index (χ0n) is 10.6. The Bertz CT molecular complexity index is 331. The number of ether oxygens (including phenoxy) is 2. The number of nitrogens with one attached hydrogen (secondary N) is 1. The van der Waals surface area contributed by atoms with Crippen molar-refractivity contribution in [2.75, 3.05) is 50.9 Å². The molecule has 2 saturated heterocycles. The number of nitrogens with zero attached hydrogens (tertiary/aromatic N) is 1. The van der Waals surface area contributed by atoms with Gasteiger partial charge in [-0.3, -0.25) is 0 Å². The van der Waals surface area contributed by atoms with Crippen molar-refractivity contribution in [2.45, 2.75) is 6.10 Å². The molecule has 0 spiro atoms. The van der Waals surface area contributed by atoms with Gasteiger partial charge < -0.3 is 19.7 Å². The first-order chi connectivity index (χ1) is 8.93. The predicted octanol–water partition coefficient (Wildman–Crippen LogP) is 1.18. The van der Waals surface area contributed by atoms with Crippen molar-refractivity contribution in [2.24, 2.45) is 0 Å². The lowest BCUT2D eigenvalue weighted by Crippen LogP contribution is -2.43. The van der Waals surface area contributed by atoms with Gasteiger partial charge in [0.05, 0.1) is 19.8 Å². The molecule has 1 aromatic carbocycles. The molecule has 2 fully saturated rings. The quantitative estimate of drug-likeness (QED) is 0.852. The van der Waals surface area contributed by atoms with Crippen LogP contribution in [0.2, 0.25) is 0 Å². The summed E-state index contributed by atoms with van der Waals surface area (Å²) < 4.78 is 11.1. The summed E-state index contributed by atoms with van der Waals surface area (Å²) in [6.45, 7) is 6.40. The lowest BCUT2D eigenvalue weighted by molar-refractivity contribution is -0.0901. The summed E-state index contributed by atoms with van der Waals surface area (Å²) in [5, 5.41) is 3.37. The highest BCUT2D eigenvalue weighted by Crippen LogP contribution is 2.23. The molecule has 2 heterocycles. The van der Waals surface area contributed by atoms with Gasteiger partial charge in [-0.25, -0.2) is 0 Å². The Balaban J connectivity index is 1.67. The molecule has 0 aliphatic carbocycles. The predicted molar refractivity (Wildman–Crippen MR) is 71.0 cm³/mol. The van der Waals surface area contributed by atoms with Crippen LogP contribution in [-0.4, -0.2) is 46.0 Å². The van der Waals surface area contributed by atoms with E-state index in [0.717, 1.165) is 32.8 Å². The maximum Gasteiger partial charge on any atom is 0.106 e. The Morgan fingerprint density at radius 1 is 1.06 bits per heavy atom. The van der Waals surface area contributed by atoms with Crippen molar-refractivity contribution in [1.29, 1.82) is 0 Å². The van der Waals surface area contributed by atoms with E-state index < -0.39 is 0 Å². The summed E-state index contributed by atoms with van der Waals surface area (Å²) in [6, 6.07) is 8.71. The highest BCUT2D eigenvalue weighted by atomic mass is 16.6. The molecular weight excluding hydrogens is 228 g/mol. The van der Waals surface area contributed by atoms with Crippen molar-refractivity contribution in [3.8, 4) is 0 Å². The van der Waals surface area contributed by atoms with Gasteiger partial charge >= 0.3 is 0 Å². The van der Waals surface area contributed by atoms with Gasteiger partial charge in [0.2, 0.25) is 0 Å². The van der Waals surface area contributed by atoms with Gasteiger partial charge in [-0.2, -0.15) is 0 Å². The number of anilines is 1. The molecule has 0 radical (unpaired) electrons. The Labute approximate surface area is 108 Å². The average Bonchev–Trinajstić information content (AvgIpc) is 2.49. The highest BCUT2D eigenvalue weighted by molar-refractivity contribution is 5.48. The summed E-state index contributed by atoms with van der Waals surface area (Å²) in [5.41, 5.74) is 2.52. The van der Waals surface area contributed by atoms with E-state index in [1.807, 2.05) is 0 Å². The van der Waals surface area contributed by atoms with Gasteiger partial charge in [0, 0.05) is 31.9 Å². The maximum absolute atomic E-state index is 5.70. The van der Waals surface area contributed by atoms with Crippen LogP contribution < -0.4 is 10.2 Å². The lowest BCUT2D eigenvalue weighted by Gasteiger charge is -2.30. The van der Waals surface area contributed by atoms with E-state index in [9.17, 15) is 0 Å². The molecule has 0 saturated carbocycles. The fraction of sp³-hybridized carbons (Fsp3) is 0.571. The van der Waals surface area contributed by atoms with Crippen molar-refractivity contribution in [3.05, 3.63) is 29.8 Å². The van der Waals surface area contributed by atoms with Gasteiger partial charge in [0.15, 0.2) is 0 Å². The SMILES string of the molecule is c1cc(N2CCNCC2)ccc1C1COCCO1. The van der Waals surface area contributed by atoms with E-state index in [1.54, 1.807) is 0 Å². The van der Waals surface area contributed by atoms with Crippen LogP contribution in [0.3, 0.4) is 0 Å². The minimum Gasteiger partial charge on any atom is -0.376 e. The van der Waals surface area contributed by atoms with Crippen molar-refractivity contribution in [1.82, 2.24) is 5.32 Å². The van der Waals surface area contributed by atoms with E-state index in [2.05, 4.69) is 34.5 Å². The van der Waals surface area contributed by atoms with E-state index >= 15 is 0 Å². The van der Waals surface area contributed by atoms with Gasteiger partial charge in [0.1, 0.15) is 6.10 Å². The van der Waals surface area contributed by atoms with E-state index in [-0.39, 0.29) is 6.10 Å². The van der Waals surface area contributed by atoms with Crippen LogP contribution in [0.25, 0.3) is 0 Å². The summed E-state index contributed by atoms with van der Waals surface area (Å²) in [7, 11) is 0. The second-order valence-corrected chi connectivity index (χ2v) is 4.76. The van der Waals surface area contributed by atoms with Gasteiger partial charge in [-0.05, 0) is 17.7 Å². The molecule has 1 unspecified atom stereocenters. The fourth-order valence-electron chi connectivity index (χ4n) is 2.50. The summed E-state index contributed by atoms with van der Waals surface area (Å²) in [5.74, 6) is 0. The first-order valence-electron chi connectivity index (χ1n) is 6.68. The second kappa shape index (κ2) is 5.69. The number of rotatable bonds is 2. The van der Waals surface area contributed by atoms with Crippen LogP contribution in [0, 0.1) is 0 Å². The zero-order chi connectivity index (χ0) is 12.2. The molecule has 4 heteroatoms. The summed E-state index contributed by atoms with van der Waals surface area (Å²) >= 11 is 0. The standard InChI is InChI=1S/C14H20N2O2/c1-3-13(16-7-5-15-6-8-16)4-2-12(1)14-11-17-9-10-18-14/h1-4,14-15H,5-11H2. The fourth-order valence-corrected chi connectivity index (χ4v) is 2.50. The third-order valence-electron chi connectivity index (χ3n) is 3.56. The van der Waals surface area contributed by atoms with Crippen molar-refractivity contribution >= 4 is 5.69 Å². The molecule has 1 atom stereocenters. The van der Waals surface area contributed by atoms with Crippen LogP contribution in [0.5, 0.6) is 0 Å². The number of hydrogen-bond donors (Lipinski definition) is 1. The number of piperazine rings is 1. The van der Waals surface area contributed by atoms with Crippen LogP contribution >= 0.6 is 0 Å². The largest absolute Gasteiger partial charge is 0.376 e. The molecule has 0 bridgehead atoms. The monoisotopic (exact) mass is 248 g/mol. The zero-order valence-corrected chi connectivity index (χ0v) is 10.6. The summed E-state index contributed by atoms with van der Waals surface area (Å²) in [4.78, 5) is 2.42. The molecule has 0 amide bonds. The molecule has 1 N–H and O–H groups in total. The van der Waals surface area contributed by atoms with Crippen molar-refractivity contribution < 1.29 is 9.47 Å². The minimum absolute atomic E-state index is 0.107. The van der Waals surface area contributed by atoms with Gasteiger partial charge in [-0.1, -0.05) is 12.1 Å². The summed E-state index contributed by atoms with van der Waals surface area (Å²) in [6.07, 6.45) is 0.107. The Morgan fingerprint density at radius 2 is 1.83 bits per heavy atom. The first kappa shape index (κ1) is 12.0. The Kier molecular flexibility index (Phi) is 3.78. The number of hydrogen-bond acceptors (Lipinski definition) is 4. The first-order valence-corrected chi connectivity index (χ1v) is 6.68. The maximum atomic E-state index is 5.70. The van der Waals surface area contributed by atoms with E-state index in [1.165, 1.54) is 11.3 Å². The van der Waals surface area contributed by atoms with Crippen LogP contribution in [0.4, 0.5) is 5.69 Å². The molecule has 3 rings (SSSR count). The normalized spacial score (nSPS) is 25.1. The van der Waals surface area contributed by atoms with Crippen molar-refractivity contribution in [3.63, 3.8) is 0 Å². The third kappa shape index (κ3) is 2.66. The third-order valence-corrected chi connectivity index (χ3v) is 3.56. The second-order valence-electron chi connectivity index (χ2n) is 4.76. The number of benzene rings is 1. The van der Waals surface area contributed by atoms with E-state index in [4.69, 9.17) is 9.47 Å². The molecule has 18 heavy (non-hydrogen) atoms. The topological polar surface area (TPSA) is 33.7 Å². The molecule has 98 valence electrons. The van der Waals surface area contributed by atoms with Gasteiger partial charge in [-0.15, -0.1) is 0 Å². The molecule has 1 aromatic rings. The van der Waals surface area contributed by atoms with Crippen LogP contribution in [0.1, 0.15) is 11.7 Å². The molecule has 2 aliphatic rings. The molecule has 4 nitrogen and oxygen atoms in total. The Morgan fingerprint density at radius 3 is 2.50 bits per heavy atom. The van der Waals surface area contributed by atoms with E-state index in [0.29, 0.717) is 13.2 Å². The highest BCUT2D eigenvalue weighted by Gasteiger charge is 2.17. The van der Waals surface area contributed by atoms with Crippen LogP contribution in [0.15, 0.2) is 24.3 Å².